The van der Waals surface area contributed by atoms with Crippen LogP contribution in [-0.2, 0) is 0 Å². The van der Waals surface area contributed by atoms with E-state index in [0.29, 0.717) is 33.6 Å². The van der Waals surface area contributed by atoms with Crippen molar-refractivity contribution in [3.8, 4) is 28.4 Å². The molecular formula is C30H15FN4OS. The molecule has 0 spiro atoms. The van der Waals surface area contributed by atoms with Crippen molar-refractivity contribution in [2.75, 3.05) is 0 Å². The van der Waals surface area contributed by atoms with Gasteiger partial charge in [0.15, 0.2) is 11.4 Å². The lowest BCUT2D eigenvalue weighted by Crippen LogP contribution is -2.00. The monoisotopic (exact) mass is 498 g/mol. The third-order valence-electron chi connectivity index (χ3n) is 6.21. The summed E-state index contributed by atoms with van der Waals surface area (Å²) in [5, 5.41) is 20.0. The van der Waals surface area contributed by atoms with Crippen LogP contribution in [0.2, 0.25) is 0 Å². The molecule has 174 valence electrons. The summed E-state index contributed by atoms with van der Waals surface area (Å²) in [6.45, 7) is 0. The maximum Gasteiger partial charge on any atom is 0.194 e. The van der Waals surface area contributed by atoms with Crippen LogP contribution in [0.4, 0.5) is 4.39 Å². The minimum Gasteiger partial charge on any atom is -0.294 e. The van der Waals surface area contributed by atoms with E-state index >= 15 is 0 Å². The minimum atomic E-state index is -0.312. The normalized spacial score (nSPS) is 13.5. The number of halogens is 1. The lowest BCUT2D eigenvalue weighted by atomic mass is 9.99. The summed E-state index contributed by atoms with van der Waals surface area (Å²) in [7, 11) is 0. The first-order chi connectivity index (χ1) is 18.1. The molecule has 2 aromatic heterocycles. The van der Waals surface area contributed by atoms with E-state index in [9.17, 15) is 19.7 Å². The molecule has 0 saturated heterocycles. The summed E-state index contributed by atoms with van der Waals surface area (Å²) < 4.78 is 16.3. The van der Waals surface area contributed by atoms with Gasteiger partial charge >= 0.3 is 0 Å². The smallest absolute Gasteiger partial charge is 0.194 e. The largest absolute Gasteiger partial charge is 0.294 e. The average molecular weight is 499 g/mol. The van der Waals surface area contributed by atoms with E-state index in [4.69, 9.17) is 4.98 Å². The molecule has 6 rings (SSSR count). The maximum atomic E-state index is 13.4. The molecule has 37 heavy (non-hydrogen) atoms. The molecule has 5 nitrogen and oxygen atoms in total. The standard InChI is InChI=1S/C30H15FN4OS/c31-20-12-10-18(11-13-20)30-34-29-26(37-30)15-22(35(29)21-6-2-1-3-7-21)14-25-27(19(16-32)17-33)23-8-4-5-9-24(23)28(25)36/h1-15H/b25-14-. The number of carbonyl (C=O) groups excluding carboxylic acids is 1. The van der Waals surface area contributed by atoms with E-state index in [-0.39, 0.29) is 17.2 Å². The van der Waals surface area contributed by atoms with E-state index in [2.05, 4.69) is 0 Å². The second-order valence-electron chi connectivity index (χ2n) is 8.36. The molecular weight excluding hydrogens is 483 g/mol. The highest BCUT2D eigenvalue weighted by atomic mass is 32.1. The second kappa shape index (κ2) is 8.83. The van der Waals surface area contributed by atoms with Crippen molar-refractivity contribution in [3.05, 3.63) is 119 Å². The van der Waals surface area contributed by atoms with Gasteiger partial charge in [-0.1, -0.05) is 42.5 Å². The van der Waals surface area contributed by atoms with Crippen LogP contribution in [0.25, 0.3) is 38.3 Å². The number of para-hydroxylation sites is 1. The Morgan fingerprint density at radius 3 is 2.30 bits per heavy atom. The first kappa shape index (κ1) is 22.4. The molecule has 5 aromatic rings. The van der Waals surface area contributed by atoms with Crippen LogP contribution >= 0.6 is 11.3 Å². The maximum absolute atomic E-state index is 13.4. The Bertz CT molecular complexity index is 1850. The molecule has 0 saturated carbocycles. The summed E-state index contributed by atoms with van der Waals surface area (Å²) in [6.07, 6.45) is 1.73. The Morgan fingerprint density at radius 1 is 0.919 bits per heavy atom. The number of carbonyl (C=O) groups is 1. The lowest BCUT2D eigenvalue weighted by Gasteiger charge is -2.09. The quantitative estimate of drug-likeness (QED) is 0.199. The first-order valence-corrected chi connectivity index (χ1v) is 12.1. The van der Waals surface area contributed by atoms with E-state index < -0.39 is 0 Å². The highest BCUT2D eigenvalue weighted by Crippen LogP contribution is 2.41. The van der Waals surface area contributed by atoms with Gasteiger partial charge in [-0.15, -0.1) is 11.3 Å². The van der Waals surface area contributed by atoms with Crippen LogP contribution in [0.5, 0.6) is 0 Å². The molecule has 1 aliphatic carbocycles. The fourth-order valence-electron chi connectivity index (χ4n) is 4.56. The number of hydrogen-bond donors (Lipinski definition) is 0. The van der Waals surface area contributed by atoms with Gasteiger partial charge in [-0.25, -0.2) is 9.37 Å². The number of rotatable bonds is 3. The highest BCUT2D eigenvalue weighted by molar-refractivity contribution is 7.21. The van der Waals surface area contributed by atoms with Gasteiger partial charge in [0.2, 0.25) is 0 Å². The van der Waals surface area contributed by atoms with Gasteiger partial charge in [-0.3, -0.25) is 9.36 Å². The summed E-state index contributed by atoms with van der Waals surface area (Å²) in [5.74, 6) is -0.550. The Balaban J connectivity index is 1.59. The number of thiazole rings is 1. The van der Waals surface area contributed by atoms with Crippen LogP contribution < -0.4 is 0 Å². The number of nitrogens with zero attached hydrogens (tertiary/aromatic N) is 4. The molecule has 0 bridgehead atoms. The number of fused-ring (bicyclic) bond motifs is 2. The molecule has 1 aliphatic rings. The molecule has 0 atom stereocenters. The molecule has 0 fully saturated rings. The topological polar surface area (TPSA) is 82.5 Å². The number of hydrogen-bond acceptors (Lipinski definition) is 5. The van der Waals surface area contributed by atoms with Crippen molar-refractivity contribution in [1.29, 1.82) is 10.5 Å². The highest BCUT2D eigenvalue weighted by Gasteiger charge is 2.32. The lowest BCUT2D eigenvalue weighted by molar-refractivity contribution is 0.104. The SMILES string of the molecule is N#CC(C#N)=C1/C(=C/c2cc3sc(-c4ccc(F)cc4)nc3n2-c2ccccc2)C(=O)c2ccccc21. The van der Waals surface area contributed by atoms with Gasteiger partial charge in [0.05, 0.1) is 4.70 Å². The molecule has 0 N–H and O–H groups in total. The Morgan fingerprint density at radius 2 is 1.59 bits per heavy atom. The van der Waals surface area contributed by atoms with Gasteiger partial charge in [-0.05, 0) is 54.1 Å². The fraction of sp³-hybridized carbons (Fsp3) is 0. The van der Waals surface area contributed by atoms with Crippen molar-refractivity contribution in [2.24, 2.45) is 0 Å². The van der Waals surface area contributed by atoms with Crippen LogP contribution in [0.3, 0.4) is 0 Å². The number of ketones is 1. The Labute approximate surface area is 215 Å². The van der Waals surface area contributed by atoms with Gasteiger partial charge in [0.1, 0.15) is 28.5 Å². The third-order valence-corrected chi connectivity index (χ3v) is 7.25. The summed E-state index contributed by atoms with van der Waals surface area (Å²) >= 11 is 1.46. The fourth-order valence-corrected chi connectivity index (χ4v) is 5.57. The molecule has 0 aliphatic heterocycles. The zero-order valence-electron chi connectivity index (χ0n) is 19.1. The molecule has 0 unspecified atom stereocenters. The van der Waals surface area contributed by atoms with E-state index in [1.165, 1.54) is 23.5 Å². The Hall–Kier alpha value is -5.11. The molecule has 2 heterocycles. The number of benzene rings is 3. The second-order valence-corrected chi connectivity index (χ2v) is 9.39. The van der Waals surface area contributed by atoms with Gasteiger partial charge in [0, 0.05) is 33.7 Å². The van der Waals surface area contributed by atoms with E-state index in [0.717, 1.165) is 21.0 Å². The van der Waals surface area contributed by atoms with E-state index in [1.807, 2.05) is 53.1 Å². The van der Waals surface area contributed by atoms with Crippen molar-refractivity contribution in [3.63, 3.8) is 0 Å². The van der Waals surface area contributed by atoms with Crippen molar-refractivity contribution in [1.82, 2.24) is 9.55 Å². The molecule has 7 heteroatoms. The van der Waals surface area contributed by atoms with Gasteiger partial charge < -0.3 is 0 Å². The predicted molar refractivity (Wildman–Crippen MR) is 141 cm³/mol. The van der Waals surface area contributed by atoms with Crippen LogP contribution in [-0.4, -0.2) is 15.3 Å². The molecule has 3 aromatic carbocycles. The Kier molecular flexibility index (Phi) is 5.34. The first-order valence-electron chi connectivity index (χ1n) is 11.3. The predicted octanol–water partition coefficient (Wildman–Crippen LogP) is 6.97. The number of aromatic nitrogens is 2. The van der Waals surface area contributed by atoms with Crippen molar-refractivity contribution >= 4 is 39.1 Å². The number of allylic oxidation sites excluding steroid dienone is 3. The molecule has 0 radical (unpaired) electrons. The average Bonchev–Trinajstić information content (AvgIpc) is 3.56. The van der Waals surface area contributed by atoms with Crippen LogP contribution in [0, 0.1) is 28.5 Å². The van der Waals surface area contributed by atoms with Crippen LogP contribution in [0.15, 0.2) is 96.1 Å². The van der Waals surface area contributed by atoms with E-state index in [1.54, 1.807) is 42.5 Å². The summed E-state index contributed by atoms with van der Waals surface area (Å²) in [6, 6.07) is 28.7. The summed E-state index contributed by atoms with van der Waals surface area (Å²) in [4.78, 5) is 18.3. The van der Waals surface area contributed by atoms with Gasteiger partial charge in [0.25, 0.3) is 0 Å². The minimum absolute atomic E-state index is 0.110. The van der Waals surface area contributed by atoms with Crippen LogP contribution in [0.1, 0.15) is 21.6 Å². The van der Waals surface area contributed by atoms with Gasteiger partial charge in [-0.2, -0.15) is 10.5 Å². The third kappa shape index (κ3) is 3.66. The molecule has 0 amide bonds. The zero-order valence-corrected chi connectivity index (χ0v) is 20.0. The number of nitriles is 2. The number of Topliss-reactive ketones (excluding diaryl/α,β-unsaturated/α-hetero) is 1. The summed E-state index contributed by atoms with van der Waals surface area (Å²) in [5.41, 5.74) is 4.59. The van der Waals surface area contributed by atoms with Crippen molar-refractivity contribution < 1.29 is 9.18 Å². The zero-order chi connectivity index (χ0) is 25.5. The van der Waals surface area contributed by atoms with Crippen molar-refractivity contribution in [2.45, 2.75) is 0 Å².